The Hall–Kier alpha value is -4.01. The highest BCUT2D eigenvalue weighted by Gasteiger charge is 2.35. The van der Waals surface area contributed by atoms with E-state index in [1.807, 2.05) is 0 Å². The molecule has 0 atom stereocenters. The largest absolute Gasteiger partial charge is 0.421 e. The van der Waals surface area contributed by atoms with Gasteiger partial charge in [0.15, 0.2) is 5.82 Å². The van der Waals surface area contributed by atoms with Crippen LogP contribution in [0.5, 0.6) is 0 Å². The number of carbonyl (C=O) groups is 1. The molecule has 15 heteroatoms. The van der Waals surface area contributed by atoms with Gasteiger partial charge in [-0.2, -0.15) is 18.2 Å². The number of rotatable bonds is 7. The summed E-state index contributed by atoms with van der Waals surface area (Å²) in [6.45, 7) is 1.30. The van der Waals surface area contributed by atoms with Crippen LogP contribution in [0, 0.1) is 6.92 Å². The first-order valence-corrected chi connectivity index (χ1v) is 12.3. The van der Waals surface area contributed by atoms with E-state index in [4.69, 9.17) is 0 Å². The lowest BCUT2D eigenvalue weighted by Gasteiger charge is -2.20. The molecule has 2 aromatic heterocycles. The van der Waals surface area contributed by atoms with Crippen LogP contribution in [-0.2, 0) is 34.0 Å². The summed E-state index contributed by atoms with van der Waals surface area (Å²) < 4.78 is 66.0. The zero-order valence-corrected chi connectivity index (χ0v) is 20.1. The normalized spacial score (nSPS) is 13.2. The van der Waals surface area contributed by atoms with Gasteiger partial charge in [0.25, 0.3) is 0 Å². The summed E-state index contributed by atoms with van der Waals surface area (Å²) in [5.41, 5.74) is 0.778. The Morgan fingerprint density at radius 3 is 2.61 bits per heavy atom. The Labute approximate surface area is 204 Å². The first kappa shape index (κ1) is 25.1. The molecule has 0 saturated carbocycles. The molecular weight excluding hydrogens is 501 g/mol. The highest BCUT2D eigenvalue weighted by molar-refractivity contribution is 7.92. The van der Waals surface area contributed by atoms with Gasteiger partial charge in [-0.15, -0.1) is 0 Å². The molecule has 11 nitrogen and oxygen atoms in total. The maximum absolute atomic E-state index is 13.7. The third kappa shape index (κ3) is 5.30. The number of sulfonamides is 1. The van der Waals surface area contributed by atoms with E-state index in [0.29, 0.717) is 17.6 Å². The Bertz CT molecular complexity index is 1450. The van der Waals surface area contributed by atoms with Gasteiger partial charge in [-0.3, -0.25) is 9.10 Å². The highest BCUT2D eigenvalue weighted by Crippen LogP contribution is 2.36. The molecule has 3 aromatic rings. The van der Waals surface area contributed by atoms with E-state index in [0.717, 1.165) is 16.1 Å². The second kappa shape index (κ2) is 9.22. The van der Waals surface area contributed by atoms with Gasteiger partial charge in [0.1, 0.15) is 17.2 Å². The minimum Gasteiger partial charge on any atom is -0.365 e. The van der Waals surface area contributed by atoms with Gasteiger partial charge in [0.2, 0.25) is 21.9 Å². The van der Waals surface area contributed by atoms with Crippen molar-refractivity contribution in [1.29, 1.82) is 0 Å². The summed E-state index contributed by atoms with van der Waals surface area (Å²) in [7, 11) is -2.41. The second-order valence-corrected chi connectivity index (χ2v) is 10.0. The molecule has 0 unspecified atom stereocenters. The third-order valence-corrected chi connectivity index (χ3v) is 6.48. The van der Waals surface area contributed by atoms with Crippen molar-refractivity contribution >= 4 is 44.9 Å². The lowest BCUT2D eigenvalue weighted by Crippen LogP contribution is -2.28. The fourth-order valence-corrected chi connectivity index (χ4v) is 3.95. The number of aryl methyl sites for hydroxylation is 1. The standard InChI is InChI=1S/C21H21F3N8O3S/c1-11-25-8-13(19(28-11)32(2)36(3,34)35)9-26-18-14(21(22,23)24)10-27-20(31-18)29-15-6-4-5-12-7-16(33)30-17(12)15/h4-6,8,10H,7,9H2,1-3H3,(H,30,33)(H2,26,27,29,31). The number of fused-ring (bicyclic) bond motifs is 1. The van der Waals surface area contributed by atoms with Gasteiger partial charge in [-0.25, -0.2) is 23.4 Å². The number of benzene rings is 1. The Morgan fingerprint density at radius 2 is 1.92 bits per heavy atom. The Morgan fingerprint density at radius 1 is 1.17 bits per heavy atom. The van der Waals surface area contributed by atoms with E-state index in [2.05, 4.69) is 35.9 Å². The molecule has 0 saturated heterocycles. The first-order valence-electron chi connectivity index (χ1n) is 10.5. The fourth-order valence-electron chi connectivity index (χ4n) is 3.48. The zero-order chi connectivity index (χ0) is 26.3. The topological polar surface area (TPSA) is 142 Å². The van der Waals surface area contributed by atoms with Crippen molar-refractivity contribution in [2.24, 2.45) is 0 Å². The summed E-state index contributed by atoms with van der Waals surface area (Å²) in [6.07, 6.45) is -1.63. The number of halogens is 3. The van der Waals surface area contributed by atoms with Gasteiger partial charge >= 0.3 is 6.18 Å². The summed E-state index contributed by atoms with van der Waals surface area (Å²) in [5.74, 6) is -0.575. The van der Waals surface area contributed by atoms with E-state index in [9.17, 15) is 26.4 Å². The minimum atomic E-state index is -4.76. The predicted octanol–water partition coefficient (Wildman–Crippen LogP) is 2.84. The molecule has 0 radical (unpaired) electrons. The molecule has 1 aromatic carbocycles. The zero-order valence-electron chi connectivity index (χ0n) is 19.3. The van der Waals surface area contributed by atoms with Crippen molar-refractivity contribution in [3.05, 3.63) is 53.1 Å². The predicted molar refractivity (Wildman–Crippen MR) is 126 cm³/mol. The molecule has 0 aliphatic carbocycles. The number of para-hydroxylation sites is 1. The highest BCUT2D eigenvalue weighted by atomic mass is 32.2. The van der Waals surface area contributed by atoms with Crippen LogP contribution in [0.3, 0.4) is 0 Å². The van der Waals surface area contributed by atoms with Crippen LogP contribution in [0.15, 0.2) is 30.6 Å². The molecule has 3 heterocycles. The van der Waals surface area contributed by atoms with Crippen molar-refractivity contribution in [2.45, 2.75) is 26.1 Å². The van der Waals surface area contributed by atoms with Crippen LogP contribution in [0.2, 0.25) is 0 Å². The number of alkyl halides is 3. The maximum Gasteiger partial charge on any atom is 0.421 e. The molecule has 1 aliphatic heterocycles. The number of aromatic nitrogens is 4. The van der Waals surface area contributed by atoms with Crippen LogP contribution in [0.1, 0.15) is 22.5 Å². The second-order valence-electron chi connectivity index (χ2n) is 7.99. The number of amides is 1. The van der Waals surface area contributed by atoms with E-state index < -0.39 is 27.6 Å². The molecule has 1 amide bonds. The number of carbonyl (C=O) groups excluding carboxylic acids is 1. The van der Waals surface area contributed by atoms with Gasteiger partial charge in [-0.05, 0) is 18.6 Å². The van der Waals surface area contributed by atoms with Crippen molar-refractivity contribution in [3.8, 4) is 0 Å². The number of hydrogen-bond acceptors (Lipinski definition) is 9. The van der Waals surface area contributed by atoms with Gasteiger partial charge in [-0.1, -0.05) is 12.1 Å². The van der Waals surface area contributed by atoms with Crippen molar-refractivity contribution in [2.75, 3.05) is 33.6 Å². The fraction of sp³-hybridized carbons (Fsp3) is 0.286. The monoisotopic (exact) mass is 522 g/mol. The van der Waals surface area contributed by atoms with E-state index >= 15 is 0 Å². The molecule has 4 rings (SSSR count). The van der Waals surface area contributed by atoms with Crippen molar-refractivity contribution in [3.63, 3.8) is 0 Å². The maximum atomic E-state index is 13.7. The van der Waals surface area contributed by atoms with Crippen LogP contribution in [0.4, 0.5) is 42.1 Å². The van der Waals surface area contributed by atoms with Gasteiger partial charge in [0, 0.05) is 31.5 Å². The summed E-state index contributed by atoms with van der Waals surface area (Å²) in [5, 5.41) is 8.14. The average Bonchev–Trinajstić information content (AvgIpc) is 3.17. The molecule has 36 heavy (non-hydrogen) atoms. The molecule has 1 aliphatic rings. The van der Waals surface area contributed by atoms with Crippen LogP contribution in [-0.4, -0.2) is 47.6 Å². The number of nitrogens with zero attached hydrogens (tertiary/aromatic N) is 5. The van der Waals surface area contributed by atoms with E-state index in [-0.39, 0.29) is 42.0 Å². The molecule has 190 valence electrons. The molecule has 3 N–H and O–H groups in total. The third-order valence-electron chi connectivity index (χ3n) is 5.31. The molecule has 0 spiro atoms. The van der Waals surface area contributed by atoms with Crippen molar-refractivity contribution < 1.29 is 26.4 Å². The van der Waals surface area contributed by atoms with Gasteiger partial charge < -0.3 is 16.0 Å². The smallest absolute Gasteiger partial charge is 0.365 e. The average molecular weight is 523 g/mol. The summed E-state index contributed by atoms with van der Waals surface area (Å²) >= 11 is 0. The van der Waals surface area contributed by atoms with Gasteiger partial charge in [0.05, 0.1) is 24.1 Å². The lowest BCUT2D eigenvalue weighted by molar-refractivity contribution is -0.137. The Kier molecular flexibility index (Phi) is 6.43. The van der Waals surface area contributed by atoms with E-state index in [1.165, 1.54) is 13.2 Å². The van der Waals surface area contributed by atoms with Crippen LogP contribution >= 0.6 is 0 Å². The SMILES string of the molecule is Cc1ncc(CNc2nc(Nc3cccc4c3NC(=O)C4)ncc2C(F)(F)F)c(N(C)S(C)(=O)=O)n1. The molecular formula is C21H21F3N8O3S. The molecule has 0 bridgehead atoms. The minimum absolute atomic E-state index is 0.0223. The summed E-state index contributed by atoms with van der Waals surface area (Å²) in [4.78, 5) is 27.7. The van der Waals surface area contributed by atoms with Crippen LogP contribution in [0.25, 0.3) is 0 Å². The number of hydrogen-bond donors (Lipinski definition) is 3. The number of anilines is 5. The quantitative estimate of drug-likeness (QED) is 0.427. The number of nitrogens with one attached hydrogen (secondary N) is 3. The first-order chi connectivity index (χ1) is 16.8. The Balaban J connectivity index is 1.66. The van der Waals surface area contributed by atoms with Crippen molar-refractivity contribution in [1.82, 2.24) is 19.9 Å². The van der Waals surface area contributed by atoms with E-state index in [1.54, 1.807) is 25.1 Å². The molecule has 0 fully saturated rings. The lowest BCUT2D eigenvalue weighted by atomic mass is 10.1. The van der Waals surface area contributed by atoms with Crippen LogP contribution < -0.4 is 20.3 Å². The summed E-state index contributed by atoms with van der Waals surface area (Å²) in [6, 6.07) is 5.09.